The van der Waals surface area contributed by atoms with Crippen LogP contribution in [0.15, 0.2) is 12.1 Å². The fraction of sp³-hybridized carbons (Fsp3) is 0.500. The van der Waals surface area contributed by atoms with Gasteiger partial charge in [-0.1, -0.05) is 0 Å². The molecule has 1 fully saturated rings. The first-order chi connectivity index (χ1) is 8.22. The molecule has 0 atom stereocenters. The summed E-state index contributed by atoms with van der Waals surface area (Å²) in [5.74, 6) is 2.11. The Morgan fingerprint density at radius 3 is 2.94 bits per heavy atom. The highest BCUT2D eigenvalue weighted by Crippen LogP contribution is 2.32. The van der Waals surface area contributed by atoms with Crippen molar-refractivity contribution in [3.63, 3.8) is 0 Å². The first kappa shape index (κ1) is 12.4. The van der Waals surface area contributed by atoms with Crippen LogP contribution in [0.4, 0.5) is 15.8 Å². The van der Waals surface area contributed by atoms with Gasteiger partial charge < -0.3 is 15.4 Å². The maximum atomic E-state index is 13.5. The number of rotatable bonds is 2. The fourth-order valence-electron chi connectivity index (χ4n) is 1.98. The molecular formula is C12H17FN2OS. The Morgan fingerprint density at radius 1 is 1.35 bits per heavy atom. The van der Waals surface area contributed by atoms with E-state index in [0.717, 1.165) is 31.0 Å². The van der Waals surface area contributed by atoms with Crippen molar-refractivity contribution in [2.75, 3.05) is 42.3 Å². The third-order valence-corrected chi connectivity index (χ3v) is 3.91. The van der Waals surface area contributed by atoms with Gasteiger partial charge in [-0.3, -0.25) is 0 Å². The number of hydrogen-bond acceptors (Lipinski definition) is 4. The van der Waals surface area contributed by atoms with E-state index < -0.39 is 5.82 Å². The third kappa shape index (κ3) is 2.77. The molecule has 0 aromatic heterocycles. The summed E-state index contributed by atoms with van der Waals surface area (Å²) in [5, 5.41) is 0. The molecule has 1 aliphatic heterocycles. The monoisotopic (exact) mass is 256 g/mol. The van der Waals surface area contributed by atoms with Crippen LogP contribution >= 0.6 is 11.8 Å². The Labute approximate surface area is 105 Å². The van der Waals surface area contributed by atoms with E-state index in [2.05, 4.69) is 4.90 Å². The maximum absolute atomic E-state index is 13.5. The van der Waals surface area contributed by atoms with E-state index >= 15 is 0 Å². The molecule has 0 saturated carbocycles. The van der Waals surface area contributed by atoms with E-state index in [-0.39, 0.29) is 5.75 Å². The minimum absolute atomic E-state index is 0.256. The van der Waals surface area contributed by atoms with E-state index in [0.29, 0.717) is 5.69 Å². The molecule has 5 heteroatoms. The lowest BCUT2D eigenvalue weighted by atomic mass is 10.2. The van der Waals surface area contributed by atoms with Gasteiger partial charge in [-0.15, -0.1) is 0 Å². The number of nitrogens with zero attached hydrogens (tertiary/aromatic N) is 1. The van der Waals surface area contributed by atoms with Crippen LogP contribution in [-0.2, 0) is 0 Å². The summed E-state index contributed by atoms with van der Waals surface area (Å²) in [5.41, 5.74) is 7.24. The topological polar surface area (TPSA) is 38.5 Å². The van der Waals surface area contributed by atoms with Crippen molar-refractivity contribution in [2.24, 2.45) is 0 Å². The van der Waals surface area contributed by atoms with Gasteiger partial charge in [-0.25, -0.2) is 4.39 Å². The third-order valence-electron chi connectivity index (χ3n) is 2.86. The van der Waals surface area contributed by atoms with Gasteiger partial charge in [0.2, 0.25) is 0 Å². The molecule has 0 aliphatic carbocycles. The Morgan fingerprint density at radius 2 is 2.18 bits per heavy atom. The van der Waals surface area contributed by atoms with E-state index in [1.165, 1.54) is 18.9 Å². The molecule has 1 aromatic rings. The van der Waals surface area contributed by atoms with Crippen molar-refractivity contribution in [3.05, 3.63) is 17.9 Å². The second-order valence-electron chi connectivity index (χ2n) is 4.00. The van der Waals surface area contributed by atoms with Gasteiger partial charge >= 0.3 is 0 Å². The van der Waals surface area contributed by atoms with Crippen molar-refractivity contribution in [1.82, 2.24) is 0 Å². The van der Waals surface area contributed by atoms with Gasteiger partial charge in [0, 0.05) is 31.0 Å². The van der Waals surface area contributed by atoms with E-state index in [1.54, 1.807) is 6.07 Å². The smallest absolute Gasteiger partial charge is 0.167 e. The van der Waals surface area contributed by atoms with Gasteiger partial charge in [0.1, 0.15) is 0 Å². The number of methoxy groups -OCH3 is 1. The molecule has 3 nitrogen and oxygen atoms in total. The zero-order valence-corrected chi connectivity index (χ0v) is 10.7. The lowest BCUT2D eigenvalue weighted by molar-refractivity contribution is 0.386. The molecular weight excluding hydrogens is 239 g/mol. The quantitative estimate of drug-likeness (QED) is 0.824. The van der Waals surface area contributed by atoms with Crippen LogP contribution in [0.1, 0.15) is 6.42 Å². The first-order valence-corrected chi connectivity index (χ1v) is 6.83. The minimum atomic E-state index is -0.405. The highest BCUT2D eigenvalue weighted by molar-refractivity contribution is 7.99. The number of thioether (sulfide) groups is 1. The fourth-order valence-corrected chi connectivity index (χ4v) is 2.86. The second kappa shape index (κ2) is 5.49. The van der Waals surface area contributed by atoms with Crippen LogP contribution < -0.4 is 15.4 Å². The predicted octanol–water partition coefficient (Wildman–Crippen LogP) is 2.36. The molecule has 0 spiro atoms. The van der Waals surface area contributed by atoms with Crippen molar-refractivity contribution in [3.8, 4) is 5.75 Å². The standard InChI is InChI=1S/C12H17FN2OS/c1-16-12-8-11(10(14)7-9(12)13)15-3-2-5-17-6-4-15/h7-8H,2-6,14H2,1H3. The van der Waals surface area contributed by atoms with Crippen molar-refractivity contribution in [2.45, 2.75) is 6.42 Å². The highest BCUT2D eigenvalue weighted by Gasteiger charge is 2.15. The molecule has 94 valence electrons. The van der Waals surface area contributed by atoms with Gasteiger partial charge in [0.15, 0.2) is 11.6 Å². The van der Waals surface area contributed by atoms with Crippen molar-refractivity contribution >= 4 is 23.1 Å². The molecule has 0 bridgehead atoms. The summed E-state index contributed by atoms with van der Waals surface area (Å²) in [4.78, 5) is 2.21. The Hall–Kier alpha value is -1.10. The SMILES string of the molecule is COc1cc(N2CCCSCC2)c(N)cc1F. The molecule has 1 saturated heterocycles. The zero-order chi connectivity index (χ0) is 12.3. The van der Waals surface area contributed by atoms with Crippen LogP contribution in [0.5, 0.6) is 5.75 Å². The number of ether oxygens (including phenoxy) is 1. The van der Waals surface area contributed by atoms with Crippen LogP contribution in [0.2, 0.25) is 0 Å². The largest absolute Gasteiger partial charge is 0.494 e. The van der Waals surface area contributed by atoms with Gasteiger partial charge in [0.05, 0.1) is 18.5 Å². The summed E-state index contributed by atoms with van der Waals surface area (Å²) in [6.45, 7) is 1.91. The van der Waals surface area contributed by atoms with Gasteiger partial charge in [-0.2, -0.15) is 11.8 Å². The summed E-state index contributed by atoms with van der Waals surface area (Å²) in [6, 6.07) is 3.03. The average molecular weight is 256 g/mol. The molecule has 2 N–H and O–H groups in total. The first-order valence-electron chi connectivity index (χ1n) is 5.68. The number of nitrogen functional groups attached to an aromatic ring is 1. The molecule has 1 heterocycles. The second-order valence-corrected chi connectivity index (χ2v) is 5.22. The van der Waals surface area contributed by atoms with Crippen LogP contribution in [-0.4, -0.2) is 31.7 Å². The molecule has 2 rings (SSSR count). The number of halogens is 1. The Balaban J connectivity index is 2.29. The summed E-state index contributed by atoms with van der Waals surface area (Å²) in [6.07, 6.45) is 1.13. The normalized spacial score (nSPS) is 16.7. The molecule has 0 radical (unpaired) electrons. The molecule has 17 heavy (non-hydrogen) atoms. The molecule has 0 unspecified atom stereocenters. The van der Waals surface area contributed by atoms with Gasteiger partial charge in [0.25, 0.3) is 0 Å². The Bertz CT molecular complexity index is 392. The number of benzene rings is 1. The lowest BCUT2D eigenvalue weighted by Gasteiger charge is -2.24. The van der Waals surface area contributed by atoms with E-state index in [4.69, 9.17) is 10.5 Å². The zero-order valence-electron chi connectivity index (χ0n) is 9.91. The molecule has 1 aromatic carbocycles. The summed E-state index contributed by atoms with van der Waals surface area (Å²) < 4.78 is 18.5. The number of hydrogen-bond donors (Lipinski definition) is 1. The average Bonchev–Trinajstić information content (AvgIpc) is 2.58. The minimum Gasteiger partial charge on any atom is -0.494 e. The number of anilines is 2. The molecule has 1 aliphatic rings. The summed E-state index contributed by atoms with van der Waals surface area (Å²) >= 11 is 1.95. The van der Waals surface area contributed by atoms with Gasteiger partial charge in [-0.05, 0) is 12.2 Å². The summed E-state index contributed by atoms with van der Waals surface area (Å²) in [7, 11) is 1.47. The maximum Gasteiger partial charge on any atom is 0.167 e. The predicted molar refractivity (Wildman–Crippen MR) is 71.5 cm³/mol. The highest BCUT2D eigenvalue weighted by atomic mass is 32.2. The lowest BCUT2D eigenvalue weighted by Crippen LogP contribution is -2.26. The van der Waals surface area contributed by atoms with Crippen molar-refractivity contribution in [1.29, 1.82) is 0 Å². The van der Waals surface area contributed by atoms with E-state index in [1.807, 2.05) is 11.8 Å². The molecule has 0 amide bonds. The Kier molecular flexibility index (Phi) is 3.99. The van der Waals surface area contributed by atoms with E-state index in [9.17, 15) is 4.39 Å². The van der Waals surface area contributed by atoms with Crippen molar-refractivity contribution < 1.29 is 9.13 Å². The van der Waals surface area contributed by atoms with Crippen LogP contribution in [0.25, 0.3) is 0 Å². The van der Waals surface area contributed by atoms with Crippen LogP contribution in [0.3, 0.4) is 0 Å². The number of nitrogens with two attached hydrogens (primary N) is 1. The van der Waals surface area contributed by atoms with Crippen LogP contribution in [0, 0.1) is 5.82 Å².